The number of rotatable bonds is 1. The van der Waals surface area contributed by atoms with Gasteiger partial charge >= 0.3 is 5.69 Å². The van der Waals surface area contributed by atoms with Crippen LogP contribution in [0.4, 0.5) is 0 Å². The molecule has 0 fully saturated rings. The smallest absolute Gasteiger partial charge is 0.295 e. The normalized spacial score (nSPS) is 10.1. The number of benzene rings is 1. The highest BCUT2D eigenvalue weighted by atomic mass is 16.1. The molecule has 4 nitrogen and oxygen atoms in total. The third-order valence-corrected chi connectivity index (χ3v) is 2.34. The SMILES string of the molecule is Cn1c(=O)nc(CC#N)c2ccccc21. The van der Waals surface area contributed by atoms with Crippen molar-refractivity contribution in [1.29, 1.82) is 5.26 Å². The lowest BCUT2D eigenvalue weighted by Gasteiger charge is -2.05. The molecule has 0 unspecified atom stereocenters. The van der Waals surface area contributed by atoms with Crippen molar-refractivity contribution < 1.29 is 0 Å². The van der Waals surface area contributed by atoms with Crippen molar-refractivity contribution in [2.75, 3.05) is 0 Å². The van der Waals surface area contributed by atoms with E-state index in [0.29, 0.717) is 5.69 Å². The van der Waals surface area contributed by atoms with E-state index in [-0.39, 0.29) is 12.1 Å². The average molecular weight is 199 g/mol. The predicted molar refractivity (Wildman–Crippen MR) is 56.3 cm³/mol. The molecule has 4 heteroatoms. The van der Waals surface area contributed by atoms with E-state index in [1.165, 1.54) is 4.57 Å². The zero-order chi connectivity index (χ0) is 10.8. The zero-order valence-corrected chi connectivity index (χ0v) is 8.27. The van der Waals surface area contributed by atoms with Crippen LogP contribution in [0.5, 0.6) is 0 Å². The Bertz CT molecular complexity index is 607. The molecule has 1 aromatic heterocycles. The molecule has 0 N–H and O–H groups in total. The van der Waals surface area contributed by atoms with Crippen LogP contribution in [0.2, 0.25) is 0 Å². The standard InChI is InChI=1S/C11H9N3O/c1-14-10-5-3-2-4-8(10)9(6-7-12)13-11(14)15/h2-5H,6H2,1H3. The van der Waals surface area contributed by atoms with Crippen LogP contribution in [-0.2, 0) is 13.5 Å². The van der Waals surface area contributed by atoms with Gasteiger partial charge in [-0.2, -0.15) is 10.2 Å². The molecule has 0 aliphatic carbocycles. The minimum Gasteiger partial charge on any atom is -0.295 e. The third-order valence-electron chi connectivity index (χ3n) is 2.34. The van der Waals surface area contributed by atoms with Crippen molar-refractivity contribution in [3.63, 3.8) is 0 Å². The summed E-state index contributed by atoms with van der Waals surface area (Å²) < 4.78 is 1.48. The Hall–Kier alpha value is -2.15. The maximum atomic E-state index is 11.5. The van der Waals surface area contributed by atoms with Gasteiger partial charge in [0.2, 0.25) is 0 Å². The van der Waals surface area contributed by atoms with Gasteiger partial charge in [-0.3, -0.25) is 4.57 Å². The summed E-state index contributed by atoms with van der Waals surface area (Å²) in [5.41, 5.74) is 1.04. The Labute approximate surface area is 86.4 Å². The van der Waals surface area contributed by atoms with E-state index in [9.17, 15) is 4.79 Å². The molecule has 2 rings (SSSR count). The molecule has 1 aromatic carbocycles. The fourth-order valence-electron chi connectivity index (χ4n) is 1.57. The van der Waals surface area contributed by atoms with Gasteiger partial charge in [0.05, 0.1) is 23.7 Å². The van der Waals surface area contributed by atoms with E-state index < -0.39 is 0 Å². The monoisotopic (exact) mass is 199 g/mol. The van der Waals surface area contributed by atoms with E-state index in [0.717, 1.165) is 10.9 Å². The Morgan fingerprint density at radius 3 is 2.93 bits per heavy atom. The number of nitrogens with zero attached hydrogens (tertiary/aromatic N) is 3. The van der Waals surface area contributed by atoms with E-state index in [2.05, 4.69) is 4.98 Å². The Balaban J connectivity index is 2.89. The summed E-state index contributed by atoms with van der Waals surface area (Å²) in [6, 6.07) is 9.46. The van der Waals surface area contributed by atoms with Crippen LogP contribution in [0.1, 0.15) is 5.69 Å². The van der Waals surface area contributed by atoms with Crippen molar-refractivity contribution in [1.82, 2.24) is 9.55 Å². The van der Waals surface area contributed by atoms with Gasteiger partial charge in [0.1, 0.15) is 0 Å². The first-order chi connectivity index (χ1) is 7.24. The topological polar surface area (TPSA) is 58.7 Å². The lowest BCUT2D eigenvalue weighted by Crippen LogP contribution is -2.21. The molecule has 74 valence electrons. The van der Waals surface area contributed by atoms with Crippen molar-refractivity contribution in [3.05, 3.63) is 40.4 Å². The molecule has 0 amide bonds. The molecular formula is C11H9N3O. The largest absolute Gasteiger partial charge is 0.348 e. The second-order valence-electron chi connectivity index (χ2n) is 3.25. The van der Waals surface area contributed by atoms with Crippen molar-refractivity contribution in [2.24, 2.45) is 7.05 Å². The summed E-state index contributed by atoms with van der Waals surface area (Å²) in [6.07, 6.45) is 0.163. The van der Waals surface area contributed by atoms with E-state index in [1.807, 2.05) is 30.3 Å². The molecule has 2 aromatic rings. The Kier molecular flexibility index (Phi) is 2.22. The molecule has 0 saturated heterocycles. The number of hydrogen-bond donors (Lipinski definition) is 0. The van der Waals surface area contributed by atoms with Crippen LogP contribution in [-0.4, -0.2) is 9.55 Å². The van der Waals surface area contributed by atoms with Gasteiger partial charge in [-0.15, -0.1) is 0 Å². The lowest BCUT2D eigenvalue weighted by atomic mass is 10.1. The summed E-state index contributed by atoms with van der Waals surface area (Å²) in [7, 11) is 1.67. The fraction of sp³-hybridized carbons (Fsp3) is 0.182. The molecule has 0 aliphatic rings. The third kappa shape index (κ3) is 1.48. The molecular weight excluding hydrogens is 190 g/mol. The molecule has 15 heavy (non-hydrogen) atoms. The van der Waals surface area contributed by atoms with Crippen LogP contribution in [0.3, 0.4) is 0 Å². The minimum atomic E-state index is -0.320. The van der Waals surface area contributed by atoms with E-state index in [1.54, 1.807) is 7.05 Å². The number of hydrogen-bond acceptors (Lipinski definition) is 3. The van der Waals surface area contributed by atoms with Gasteiger partial charge < -0.3 is 0 Å². The quantitative estimate of drug-likeness (QED) is 0.688. The fourth-order valence-corrected chi connectivity index (χ4v) is 1.57. The first-order valence-electron chi connectivity index (χ1n) is 4.55. The Morgan fingerprint density at radius 2 is 2.20 bits per heavy atom. The van der Waals surface area contributed by atoms with E-state index in [4.69, 9.17) is 5.26 Å². The zero-order valence-electron chi connectivity index (χ0n) is 8.27. The lowest BCUT2D eigenvalue weighted by molar-refractivity contribution is 0.836. The number of aromatic nitrogens is 2. The van der Waals surface area contributed by atoms with Crippen LogP contribution in [0.15, 0.2) is 29.1 Å². The van der Waals surface area contributed by atoms with Gasteiger partial charge in [0.15, 0.2) is 0 Å². The summed E-state index contributed by atoms with van der Waals surface area (Å²) in [4.78, 5) is 15.3. The molecule has 1 heterocycles. The van der Waals surface area contributed by atoms with Crippen LogP contribution >= 0.6 is 0 Å². The van der Waals surface area contributed by atoms with Crippen molar-refractivity contribution in [3.8, 4) is 6.07 Å². The van der Waals surface area contributed by atoms with E-state index >= 15 is 0 Å². The summed E-state index contributed by atoms with van der Waals surface area (Å²) in [5.74, 6) is 0. The van der Waals surface area contributed by atoms with Crippen molar-refractivity contribution >= 4 is 10.9 Å². The highest BCUT2D eigenvalue weighted by Crippen LogP contribution is 2.14. The molecule has 0 spiro atoms. The van der Waals surface area contributed by atoms with Crippen LogP contribution in [0, 0.1) is 11.3 Å². The summed E-state index contributed by atoms with van der Waals surface area (Å²) >= 11 is 0. The molecule has 0 bridgehead atoms. The first kappa shape index (κ1) is 9.41. The average Bonchev–Trinajstić information content (AvgIpc) is 2.26. The first-order valence-corrected chi connectivity index (χ1v) is 4.55. The van der Waals surface area contributed by atoms with Gasteiger partial charge in [0, 0.05) is 12.4 Å². The minimum absolute atomic E-state index is 0.163. The molecule has 0 aliphatic heterocycles. The van der Waals surface area contributed by atoms with Gasteiger partial charge in [0.25, 0.3) is 0 Å². The number of nitriles is 1. The number of aryl methyl sites for hydroxylation is 1. The van der Waals surface area contributed by atoms with Gasteiger partial charge in [-0.25, -0.2) is 4.79 Å². The van der Waals surface area contributed by atoms with Crippen LogP contribution in [0.25, 0.3) is 10.9 Å². The summed E-state index contributed by atoms with van der Waals surface area (Å²) in [6.45, 7) is 0. The summed E-state index contributed by atoms with van der Waals surface area (Å²) in [5, 5.41) is 9.50. The molecule has 0 saturated carbocycles. The predicted octanol–water partition coefficient (Wildman–Crippen LogP) is 1.000. The number of para-hydroxylation sites is 1. The van der Waals surface area contributed by atoms with Crippen LogP contribution < -0.4 is 5.69 Å². The second-order valence-corrected chi connectivity index (χ2v) is 3.25. The Morgan fingerprint density at radius 1 is 1.47 bits per heavy atom. The van der Waals surface area contributed by atoms with Gasteiger partial charge in [-0.1, -0.05) is 18.2 Å². The van der Waals surface area contributed by atoms with Crippen molar-refractivity contribution in [2.45, 2.75) is 6.42 Å². The molecule has 0 radical (unpaired) electrons. The highest BCUT2D eigenvalue weighted by molar-refractivity contribution is 5.81. The maximum Gasteiger partial charge on any atom is 0.348 e. The number of fused-ring (bicyclic) bond motifs is 1. The molecule has 0 atom stereocenters. The maximum absolute atomic E-state index is 11.5. The second kappa shape index (κ2) is 3.54. The van der Waals surface area contributed by atoms with Gasteiger partial charge in [-0.05, 0) is 6.07 Å². The highest BCUT2D eigenvalue weighted by Gasteiger charge is 2.06.